The van der Waals surface area contributed by atoms with Crippen LogP contribution in [-0.4, -0.2) is 65.4 Å². The van der Waals surface area contributed by atoms with Crippen LogP contribution in [0.5, 0.6) is 0 Å². The van der Waals surface area contributed by atoms with Crippen LogP contribution in [0.4, 0.5) is 11.4 Å². The minimum absolute atomic E-state index is 0.0651. The van der Waals surface area contributed by atoms with Crippen molar-refractivity contribution in [1.29, 1.82) is 0 Å². The van der Waals surface area contributed by atoms with Crippen molar-refractivity contribution < 1.29 is 18.1 Å². The molecule has 1 amide bonds. The molecule has 0 aliphatic carbocycles. The number of carbonyl (C=O) groups is 1. The molecule has 2 aliphatic heterocycles. The molecule has 2 fully saturated rings. The molecule has 0 aromatic heterocycles. The summed E-state index contributed by atoms with van der Waals surface area (Å²) in [5.41, 5.74) is 1.36. The largest absolute Gasteiger partial charge is 0.376 e. The summed E-state index contributed by atoms with van der Waals surface area (Å²) >= 11 is 0. The van der Waals surface area contributed by atoms with Crippen LogP contribution in [-0.2, 0) is 14.8 Å². The highest BCUT2D eigenvalue weighted by molar-refractivity contribution is 7.89. The summed E-state index contributed by atoms with van der Waals surface area (Å²) in [6, 6.07) is 5.04. The van der Waals surface area contributed by atoms with Crippen molar-refractivity contribution in [3.8, 4) is 0 Å². The quantitative estimate of drug-likeness (QED) is 0.721. The number of carbonyl (C=O) groups excluding carboxylic acids is 1. The maximum Gasteiger partial charge on any atom is 0.279 e. The molecule has 0 spiro atoms. The Morgan fingerprint density at radius 1 is 1.21 bits per heavy atom. The topological polar surface area (TPSA) is 74.2 Å². The Balaban J connectivity index is 1.79. The second kappa shape index (κ2) is 9.45. The Hall–Kier alpha value is -1.64. The number of sulfonamides is 1. The molecule has 0 saturated carbocycles. The van der Waals surface area contributed by atoms with Gasteiger partial charge in [0.15, 0.2) is 6.54 Å². The first-order valence-corrected chi connectivity index (χ1v) is 12.2. The van der Waals surface area contributed by atoms with Crippen LogP contribution in [0.25, 0.3) is 0 Å². The van der Waals surface area contributed by atoms with E-state index in [0.29, 0.717) is 31.2 Å². The van der Waals surface area contributed by atoms with Crippen LogP contribution >= 0.6 is 0 Å². The van der Waals surface area contributed by atoms with Gasteiger partial charge in [-0.15, -0.1) is 0 Å². The molecule has 7 nitrogen and oxygen atoms in total. The lowest BCUT2D eigenvalue weighted by molar-refractivity contribution is -0.900. The van der Waals surface area contributed by atoms with E-state index < -0.39 is 10.0 Å². The Kier molecular flexibility index (Phi) is 7.19. The maximum atomic E-state index is 13.1. The average Bonchev–Trinajstić information content (AvgIpc) is 2.68. The molecule has 2 heterocycles. The highest BCUT2D eigenvalue weighted by atomic mass is 32.2. The lowest BCUT2D eigenvalue weighted by Crippen LogP contribution is -3.14. The van der Waals surface area contributed by atoms with Crippen molar-refractivity contribution in [2.24, 2.45) is 5.92 Å². The molecule has 3 rings (SSSR count). The summed E-state index contributed by atoms with van der Waals surface area (Å²) in [7, 11) is 0.242. The smallest absolute Gasteiger partial charge is 0.279 e. The number of quaternary nitrogens is 1. The van der Waals surface area contributed by atoms with Gasteiger partial charge < -0.3 is 15.1 Å². The number of amides is 1. The molecule has 8 heteroatoms. The van der Waals surface area contributed by atoms with E-state index in [9.17, 15) is 13.2 Å². The monoisotopic (exact) mass is 423 g/mol. The molecule has 0 bridgehead atoms. The fraction of sp³-hybridized carbons (Fsp3) is 0.667. The number of hydrogen-bond acceptors (Lipinski definition) is 4. The Labute approximate surface area is 175 Å². The van der Waals surface area contributed by atoms with Crippen molar-refractivity contribution in [1.82, 2.24) is 4.31 Å². The fourth-order valence-electron chi connectivity index (χ4n) is 4.40. The van der Waals surface area contributed by atoms with Gasteiger partial charge in [-0.25, -0.2) is 8.42 Å². The molecule has 162 valence electrons. The second-order valence-electron chi connectivity index (χ2n) is 8.71. The zero-order valence-corrected chi connectivity index (χ0v) is 18.7. The van der Waals surface area contributed by atoms with E-state index in [-0.39, 0.29) is 10.8 Å². The van der Waals surface area contributed by atoms with Gasteiger partial charge in [0.05, 0.1) is 29.4 Å². The second-order valence-corrected chi connectivity index (χ2v) is 10.7. The molecule has 1 aromatic carbocycles. The van der Waals surface area contributed by atoms with Crippen molar-refractivity contribution in [2.45, 2.75) is 43.9 Å². The van der Waals surface area contributed by atoms with Gasteiger partial charge >= 0.3 is 0 Å². The predicted octanol–water partition coefficient (Wildman–Crippen LogP) is 1.18. The number of piperidine rings is 2. The molecule has 1 unspecified atom stereocenters. The van der Waals surface area contributed by atoms with E-state index in [1.807, 2.05) is 19.0 Å². The van der Waals surface area contributed by atoms with E-state index in [0.717, 1.165) is 44.5 Å². The standard InChI is InChI=1S/C21H34N4O3S/c1-17-8-7-11-24(15-17)16-21(26)22-19-14-18(9-10-20(19)23(2)3)29(27,28)25-12-5-4-6-13-25/h9-10,14,17H,4-8,11-13,15-16H2,1-3H3,(H,22,26)/p+1/t17-/m1/s1. The molecular formula is C21H35N4O3S+. The van der Waals surface area contributed by atoms with Crippen molar-refractivity contribution in [3.05, 3.63) is 18.2 Å². The van der Waals surface area contributed by atoms with E-state index in [2.05, 4.69) is 12.2 Å². The first-order chi connectivity index (χ1) is 13.8. The summed E-state index contributed by atoms with van der Waals surface area (Å²) in [5, 5.41) is 2.99. The minimum atomic E-state index is -3.54. The fourth-order valence-corrected chi connectivity index (χ4v) is 5.94. The summed E-state index contributed by atoms with van der Waals surface area (Å²) in [4.78, 5) is 16.2. The third-order valence-electron chi connectivity index (χ3n) is 5.95. The summed E-state index contributed by atoms with van der Waals surface area (Å²) < 4.78 is 27.7. The molecule has 2 saturated heterocycles. The van der Waals surface area contributed by atoms with E-state index in [4.69, 9.17) is 0 Å². The van der Waals surface area contributed by atoms with Gasteiger partial charge in [0.2, 0.25) is 10.0 Å². The number of likely N-dealkylation sites (tertiary alicyclic amines) is 1. The maximum absolute atomic E-state index is 13.1. The number of rotatable bonds is 6. The van der Waals surface area contributed by atoms with Gasteiger partial charge in [0, 0.05) is 33.1 Å². The third kappa shape index (κ3) is 5.49. The Morgan fingerprint density at radius 3 is 2.59 bits per heavy atom. The highest BCUT2D eigenvalue weighted by Gasteiger charge is 2.27. The first kappa shape index (κ1) is 22.1. The molecule has 29 heavy (non-hydrogen) atoms. The highest BCUT2D eigenvalue weighted by Crippen LogP contribution is 2.30. The minimum Gasteiger partial charge on any atom is -0.376 e. The van der Waals surface area contributed by atoms with E-state index >= 15 is 0 Å². The van der Waals surface area contributed by atoms with Gasteiger partial charge in [-0.3, -0.25) is 4.79 Å². The first-order valence-electron chi connectivity index (χ1n) is 10.7. The molecular weight excluding hydrogens is 388 g/mol. The van der Waals surface area contributed by atoms with Crippen LogP contribution < -0.4 is 15.1 Å². The van der Waals surface area contributed by atoms with Gasteiger partial charge in [-0.05, 0) is 43.9 Å². The number of hydrogen-bond donors (Lipinski definition) is 2. The van der Waals surface area contributed by atoms with Gasteiger partial charge in [0.1, 0.15) is 0 Å². The van der Waals surface area contributed by atoms with Crippen LogP contribution in [0.2, 0.25) is 0 Å². The van der Waals surface area contributed by atoms with Crippen molar-refractivity contribution in [2.75, 3.05) is 57.0 Å². The third-order valence-corrected chi connectivity index (χ3v) is 7.85. The summed E-state index contributed by atoms with van der Waals surface area (Å²) in [6.07, 6.45) is 5.25. The number of benzene rings is 1. The number of anilines is 2. The van der Waals surface area contributed by atoms with Crippen molar-refractivity contribution in [3.63, 3.8) is 0 Å². The van der Waals surface area contributed by atoms with Crippen LogP contribution in [0.1, 0.15) is 39.0 Å². The summed E-state index contributed by atoms with van der Waals surface area (Å²) in [6.45, 7) is 5.81. The van der Waals surface area contributed by atoms with Crippen molar-refractivity contribution >= 4 is 27.3 Å². The molecule has 2 aliphatic rings. The summed E-state index contributed by atoms with van der Waals surface area (Å²) in [5.74, 6) is 0.576. The predicted molar refractivity (Wildman–Crippen MR) is 116 cm³/mol. The van der Waals surface area contributed by atoms with Gasteiger partial charge in [-0.1, -0.05) is 13.3 Å². The number of nitrogens with zero attached hydrogens (tertiary/aromatic N) is 2. The van der Waals surface area contributed by atoms with Gasteiger partial charge in [-0.2, -0.15) is 4.31 Å². The zero-order chi connectivity index (χ0) is 21.0. The van der Waals surface area contributed by atoms with E-state index in [1.54, 1.807) is 22.5 Å². The van der Waals surface area contributed by atoms with Crippen LogP contribution in [0, 0.1) is 5.92 Å². The zero-order valence-electron chi connectivity index (χ0n) is 17.9. The Bertz CT molecular complexity index is 819. The van der Waals surface area contributed by atoms with E-state index in [1.165, 1.54) is 11.3 Å². The number of nitrogens with one attached hydrogen (secondary N) is 2. The average molecular weight is 424 g/mol. The van der Waals surface area contributed by atoms with Gasteiger partial charge in [0.25, 0.3) is 5.91 Å². The molecule has 0 radical (unpaired) electrons. The lowest BCUT2D eigenvalue weighted by Gasteiger charge is -2.28. The molecule has 2 atom stereocenters. The SMILES string of the molecule is C[C@@H]1CCC[NH+](CC(=O)Nc2cc(S(=O)(=O)N3CCCCC3)ccc2N(C)C)C1. The molecule has 2 N–H and O–H groups in total. The van der Waals surface area contributed by atoms with Crippen LogP contribution in [0.15, 0.2) is 23.1 Å². The Morgan fingerprint density at radius 2 is 1.93 bits per heavy atom. The normalized spacial score (nSPS) is 23.6. The lowest BCUT2D eigenvalue weighted by atomic mass is 10.0. The molecule has 1 aromatic rings. The van der Waals surface area contributed by atoms with Crippen LogP contribution in [0.3, 0.4) is 0 Å².